The Morgan fingerprint density at radius 1 is 1.44 bits per heavy atom. The molecule has 2 rings (SSSR count). The number of aliphatic hydroxyl groups is 1. The van der Waals surface area contributed by atoms with Gasteiger partial charge in [-0.25, -0.2) is 0 Å². The summed E-state index contributed by atoms with van der Waals surface area (Å²) in [4.78, 5) is 0. The predicted octanol–water partition coefficient (Wildman–Crippen LogP) is 2.19. The van der Waals surface area contributed by atoms with Gasteiger partial charge in [0.25, 0.3) is 0 Å². The van der Waals surface area contributed by atoms with Gasteiger partial charge in [0.05, 0.1) is 5.69 Å². The zero-order valence-electron chi connectivity index (χ0n) is 9.37. The molecule has 2 aromatic rings. The molecule has 0 spiro atoms. The molecular weight excluding hydrogens is 268 g/mol. The number of nitrogens with zero attached hydrogens (tertiary/aromatic N) is 1. The summed E-state index contributed by atoms with van der Waals surface area (Å²) in [5.41, 5.74) is 2.04. The lowest BCUT2D eigenvalue weighted by Crippen LogP contribution is -2.19. The molecule has 1 unspecified atom stereocenters. The van der Waals surface area contributed by atoms with Crippen molar-refractivity contribution in [1.29, 1.82) is 0 Å². The van der Waals surface area contributed by atoms with Crippen LogP contribution in [0.1, 0.15) is 11.8 Å². The van der Waals surface area contributed by atoms with Crippen LogP contribution in [0.5, 0.6) is 0 Å². The fraction of sp³-hybridized carbons (Fsp3) is 0.333. The number of aromatic nitrogens is 1. The Morgan fingerprint density at radius 3 is 2.75 bits per heavy atom. The lowest BCUT2D eigenvalue weighted by Gasteiger charge is -2.12. The van der Waals surface area contributed by atoms with Gasteiger partial charge in [-0.2, -0.15) is 0 Å². The lowest BCUT2D eigenvalue weighted by molar-refractivity contribution is 0.169. The largest absolute Gasteiger partial charge is 0.386 e. The number of rotatable bonds is 3. The Kier molecular flexibility index (Phi) is 3.33. The minimum Gasteiger partial charge on any atom is -0.386 e. The van der Waals surface area contributed by atoms with Crippen LogP contribution in [0.3, 0.4) is 0 Å². The molecule has 0 amide bonds. The van der Waals surface area contributed by atoms with E-state index in [0.717, 1.165) is 21.1 Å². The van der Waals surface area contributed by atoms with E-state index in [2.05, 4.69) is 33.4 Å². The first-order valence-corrected chi connectivity index (χ1v) is 6.01. The summed E-state index contributed by atoms with van der Waals surface area (Å²) in [6.07, 6.45) is -0.503. The van der Waals surface area contributed by atoms with Gasteiger partial charge in [0, 0.05) is 29.0 Å². The van der Waals surface area contributed by atoms with Gasteiger partial charge in [0.1, 0.15) is 6.10 Å². The molecule has 0 aliphatic carbocycles. The van der Waals surface area contributed by atoms with Crippen molar-refractivity contribution in [2.45, 2.75) is 6.10 Å². The Balaban J connectivity index is 2.61. The van der Waals surface area contributed by atoms with E-state index in [1.807, 2.05) is 30.8 Å². The van der Waals surface area contributed by atoms with Gasteiger partial charge < -0.3 is 15.0 Å². The van der Waals surface area contributed by atoms with Crippen molar-refractivity contribution in [1.82, 2.24) is 9.88 Å². The third kappa shape index (κ3) is 1.77. The second kappa shape index (κ2) is 4.57. The van der Waals surface area contributed by atoms with Crippen LogP contribution >= 0.6 is 15.9 Å². The van der Waals surface area contributed by atoms with E-state index in [4.69, 9.17) is 0 Å². The van der Waals surface area contributed by atoms with E-state index in [1.54, 1.807) is 0 Å². The number of likely N-dealkylation sites (N-methyl/N-ethyl adjacent to an activating group) is 1. The van der Waals surface area contributed by atoms with Crippen LogP contribution in [0.2, 0.25) is 0 Å². The molecule has 0 saturated carbocycles. The van der Waals surface area contributed by atoms with Crippen molar-refractivity contribution < 1.29 is 5.11 Å². The molecule has 4 heteroatoms. The van der Waals surface area contributed by atoms with Gasteiger partial charge >= 0.3 is 0 Å². The molecule has 1 heterocycles. The third-order valence-corrected chi connectivity index (χ3v) is 3.63. The summed E-state index contributed by atoms with van der Waals surface area (Å²) in [6, 6.07) is 8.11. The maximum Gasteiger partial charge on any atom is 0.107 e. The van der Waals surface area contributed by atoms with Crippen LogP contribution in [-0.4, -0.2) is 23.3 Å². The molecule has 1 atom stereocenters. The second-order valence-corrected chi connectivity index (χ2v) is 4.64. The molecule has 1 aromatic carbocycles. The Labute approximate surface area is 103 Å². The molecule has 2 N–H and O–H groups in total. The molecular formula is C12H15BrN2O. The highest BCUT2D eigenvalue weighted by atomic mass is 79.9. The molecule has 0 aliphatic rings. The average molecular weight is 283 g/mol. The Morgan fingerprint density at radius 2 is 2.12 bits per heavy atom. The minimum atomic E-state index is -0.503. The van der Waals surface area contributed by atoms with Gasteiger partial charge in [0.2, 0.25) is 0 Å². The van der Waals surface area contributed by atoms with Crippen LogP contribution in [-0.2, 0) is 7.05 Å². The number of hydrogen-bond donors (Lipinski definition) is 2. The molecule has 0 radical (unpaired) electrons. The van der Waals surface area contributed by atoms with Crippen molar-refractivity contribution in [3.05, 3.63) is 34.4 Å². The van der Waals surface area contributed by atoms with Crippen LogP contribution < -0.4 is 5.32 Å². The quantitative estimate of drug-likeness (QED) is 0.906. The van der Waals surface area contributed by atoms with E-state index in [-0.39, 0.29) is 0 Å². The first-order chi connectivity index (χ1) is 7.66. The minimum absolute atomic E-state index is 0.503. The van der Waals surface area contributed by atoms with Crippen LogP contribution in [0.4, 0.5) is 0 Å². The van der Waals surface area contributed by atoms with Gasteiger partial charge in [-0.15, -0.1) is 0 Å². The molecule has 0 bridgehead atoms. The highest BCUT2D eigenvalue weighted by Crippen LogP contribution is 2.33. The molecule has 1 aromatic heterocycles. The normalized spacial score (nSPS) is 13.2. The number of para-hydroxylation sites is 1. The highest BCUT2D eigenvalue weighted by molar-refractivity contribution is 9.10. The Bertz CT molecular complexity index is 468. The lowest BCUT2D eigenvalue weighted by atomic mass is 10.2. The van der Waals surface area contributed by atoms with Crippen molar-refractivity contribution in [2.75, 3.05) is 13.6 Å². The summed E-state index contributed by atoms with van der Waals surface area (Å²) in [7, 11) is 3.81. The van der Waals surface area contributed by atoms with E-state index >= 15 is 0 Å². The van der Waals surface area contributed by atoms with Crippen molar-refractivity contribution in [3.63, 3.8) is 0 Å². The predicted molar refractivity (Wildman–Crippen MR) is 69.5 cm³/mol. The van der Waals surface area contributed by atoms with Gasteiger partial charge in [-0.1, -0.05) is 18.2 Å². The number of aryl methyl sites for hydroxylation is 1. The van der Waals surface area contributed by atoms with Crippen LogP contribution in [0.15, 0.2) is 28.7 Å². The van der Waals surface area contributed by atoms with Crippen LogP contribution in [0, 0.1) is 0 Å². The topological polar surface area (TPSA) is 37.2 Å². The molecule has 0 aliphatic heterocycles. The summed E-state index contributed by atoms with van der Waals surface area (Å²) < 4.78 is 3.01. The number of benzene rings is 1. The van der Waals surface area contributed by atoms with Crippen molar-refractivity contribution >= 4 is 26.8 Å². The molecule has 0 saturated heterocycles. The van der Waals surface area contributed by atoms with Gasteiger partial charge in [-0.05, 0) is 29.0 Å². The number of hydrogen-bond acceptors (Lipinski definition) is 2. The smallest absolute Gasteiger partial charge is 0.107 e. The van der Waals surface area contributed by atoms with E-state index in [9.17, 15) is 5.11 Å². The molecule has 3 nitrogen and oxygen atoms in total. The molecule has 86 valence electrons. The highest BCUT2D eigenvalue weighted by Gasteiger charge is 2.18. The van der Waals surface area contributed by atoms with Crippen LogP contribution in [0.25, 0.3) is 10.9 Å². The summed E-state index contributed by atoms with van der Waals surface area (Å²) in [5, 5.41) is 14.2. The SMILES string of the molecule is CNCC(O)c1c(Br)c2ccccc2n1C. The first-order valence-electron chi connectivity index (χ1n) is 5.22. The van der Waals surface area contributed by atoms with Gasteiger partial charge in [0.15, 0.2) is 0 Å². The summed E-state index contributed by atoms with van der Waals surface area (Å²) in [5.74, 6) is 0. The fourth-order valence-corrected chi connectivity index (χ4v) is 2.89. The zero-order valence-corrected chi connectivity index (χ0v) is 11.0. The van der Waals surface area contributed by atoms with E-state index in [1.165, 1.54) is 0 Å². The maximum atomic E-state index is 10.1. The maximum absolute atomic E-state index is 10.1. The van der Waals surface area contributed by atoms with Crippen molar-refractivity contribution in [2.24, 2.45) is 7.05 Å². The number of nitrogens with one attached hydrogen (secondary N) is 1. The van der Waals surface area contributed by atoms with Crippen molar-refractivity contribution in [3.8, 4) is 0 Å². The average Bonchev–Trinajstić information content (AvgIpc) is 2.53. The molecule has 16 heavy (non-hydrogen) atoms. The fourth-order valence-electron chi connectivity index (χ4n) is 2.03. The number of fused-ring (bicyclic) bond motifs is 1. The first kappa shape index (κ1) is 11.6. The second-order valence-electron chi connectivity index (χ2n) is 3.85. The summed E-state index contributed by atoms with van der Waals surface area (Å²) in [6.45, 7) is 0.544. The monoisotopic (exact) mass is 282 g/mol. The molecule has 0 fully saturated rings. The standard InChI is InChI=1S/C12H15BrN2O/c1-14-7-10(16)12-11(13)8-5-3-4-6-9(8)15(12)2/h3-6,10,14,16H,7H2,1-2H3. The zero-order chi connectivity index (χ0) is 11.7. The number of aliphatic hydroxyl groups excluding tert-OH is 1. The van der Waals surface area contributed by atoms with E-state index < -0.39 is 6.10 Å². The van der Waals surface area contributed by atoms with E-state index in [0.29, 0.717) is 6.54 Å². The third-order valence-electron chi connectivity index (χ3n) is 2.80. The number of halogens is 1. The summed E-state index contributed by atoms with van der Waals surface area (Å²) >= 11 is 3.56. The van der Waals surface area contributed by atoms with Gasteiger partial charge in [-0.3, -0.25) is 0 Å². The Hall–Kier alpha value is -0.840.